The Bertz CT molecular complexity index is 1290. The number of benzene rings is 2. The Morgan fingerprint density at radius 1 is 1.12 bits per heavy atom. The van der Waals surface area contributed by atoms with Crippen LogP contribution in [0.25, 0.3) is 11.3 Å². The molecule has 0 aliphatic heterocycles. The Morgan fingerprint density at radius 2 is 1.85 bits per heavy atom. The van der Waals surface area contributed by atoms with E-state index in [-0.39, 0.29) is 23.6 Å². The number of thioether (sulfide) groups is 1. The molecule has 0 bridgehead atoms. The SMILES string of the molecule is CC(NC(=O)c1ccccc1)c1nnc(SCC(=O)Nc2nc(-c3ccc(Cl)cc3)cs2)n1C. The third-order valence-corrected chi connectivity index (χ3v) is 6.89. The van der Waals surface area contributed by atoms with Gasteiger partial charge in [0.2, 0.25) is 5.91 Å². The fraction of sp³-hybridized carbons (Fsp3) is 0.174. The van der Waals surface area contributed by atoms with E-state index in [1.165, 1.54) is 23.1 Å². The van der Waals surface area contributed by atoms with Gasteiger partial charge in [-0.2, -0.15) is 0 Å². The molecule has 11 heteroatoms. The summed E-state index contributed by atoms with van der Waals surface area (Å²) in [6, 6.07) is 16.0. The van der Waals surface area contributed by atoms with Gasteiger partial charge in [0, 0.05) is 28.6 Å². The van der Waals surface area contributed by atoms with Crippen molar-refractivity contribution in [2.75, 3.05) is 11.1 Å². The average molecular weight is 513 g/mol. The Morgan fingerprint density at radius 3 is 2.59 bits per heavy atom. The second kappa shape index (κ2) is 10.8. The Labute approximate surface area is 209 Å². The molecular weight excluding hydrogens is 492 g/mol. The number of nitrogens with one attached hydrogen (secondary N) is 2. The lowest BCUT2D eigenvalue weighted by molar-refractivity contribution is -0.113. The second-order valence-corrected chi connectivity index (χ2v) is 9.58. The van der Waals surface area contributed by atoms with Crippen LogP contribution in [0.5, 0.6) is 0 Å². The summed E-state index contributed by atoms with van der Waals surface area (Å²) in [4.78, 5) is 29.3. The number of amides is 2. The van der Waals surface area contributed by atoms with Crippen molar-refractivity contribution in [2.24, 2.45) is 7.05 Å². The van der Waals surface area contributed by atoms with Gasteiger partial charge in [0.15, 0.2) is 16.1 Å². The van der Waals surface area contributed by atoms with Gasteiger partial charge in [-0.25, -0.2) is 4.98 Å². The normalized spacial score (nSPS) is 11.7. The van der Waals surface area contributed by atoms with Crippen LogP contribution in [-0.2, 0) is 11.8 Å². The Kier molecular flexibility index (Phi) is 7.61. The van der Waals surface area contributed by atoms with Crippen LogP contribution in [0, 0.1) is 0 Å². The average Bonchev–Trinajstić information content (AvgIpc) is 3.45. The van der Waals surface area contributed by atoms with Crippen molar-refractivity contribution >= 4 is 51.6 Å². The molecule has 0 saturated heterocycles. The summed E-state index contributed by atoms with van der Waals surface area (Å²) in [5.41, 5.74) is 2.27. The monoisotopic (exact) mass is 512 g/mol. The molecule has 0 aliphatic carbocycles. The summed E-state index contributed by atoms with van der Waals surface area (Å²) in [6.07, 6.45) is 0. The van der Waals surface area contributed by atoms with Crippen LogP contribution in [0.1, 0.15) is 29.1 Å². The first-order chi connectivity index (χ1) is 16.4. The number of aromatic nitrogens is 4. The number of carbonyl (C=O) groups excluding carboxylic acids is 2. The molecule has 1 unspecified atom stereocenters. The fourth-order valence-corrected chi connectivity index (χ4v) is 4.71. The Hall–Kier alpha value is -3.21. The van der Waals surface area contributed by atoms with Gasteiger partial charge in [-0.3, -0.25) is 9.59 Å². The van der Waals surface area contributed by atoms with E-state index < -0.39 is 0 Å². The zero-order chi connectivity index (χ0) is 24.1. The van der Waals surface area contributed by atoms with Crippen molar-refractivity contribution in [1.82, 2.24) is 25.1 Å². The van der Waals surface area contributed by atoms with E-state index in [1.807, 2.05) is 42.6 Å². The summed E-state index contributed by atoms with van der Waals surface area (Å²) < 4.78 is 1.77. The maximum atomic E-state index is 12.4. The van der Waals surface area contributed by atoms with E-state index in [0.717, 1.165) is 11.3 Å². The highest BCUT2D eigenvalue weighted by Crippen LogP contribution is 2.26. The summed E-state index contributed by atoms with van der Waals surface area (Å²) in [5.74, 6) is 0.356. The summed E-state index contributed by atoms with van der Waals surface area (Å²) in [5, 5.41) is 17.7. The van der Waals surface area contributed by atoms with Crippen LogP contribution in [-0.4, -0.2) is 37.3 Å². The van der Waals surface area contributed by atoms with E-state index in [2.05, 4.69) is 25.8 Å². The molecule has 2 amide bonds. The standard InChI is InChI=1S/C23H21ClN6O2S2/c1-14(25-21(32)16-6-4-3-5-7-16)20-28-29-23(30(20)2)34-13-19(31)27-22-26-18(12-33-22)15-8-10-17(24)11-9-15/h3-12,14H,13H2,1-2H3,(H,25,32)(H,26,27,31). The maximum absolute atomic E-state index is 12.4. The number of hydrogen-bond donors (Lipinski definition) is 2. The molecule has 34 heavy (non-hydrogen) atoms. The molecular formula is C23H21ClN6O2S2. The van der Waals surface area contributed by atoms with Crippen molar-refractivity contribution < 1.29 is 9.59 Å². The van der Waals surface area contributed by atoms with Crippen molar-refractivity contribution in [3.05, 3.63) is 76.4 Å². The van der Waals surface area contributed by atoms with E-state index in [0.29, 0.717) is 26.7 Å². The first-order valence-electron chi connectivity index (χ1n) is 10.3. The molecule has 2 aromatic carbocycles. The van der Waals surface area contributed by atoms with Gasteiger partial charge in [-0.05, 0) is 31.2 Å². The topological polar surface area (TPSA) is 102 Å². The first-order valence-corrected chi connectivity index (χ1v) is 12.5. The highest BCUT2D eigenvalue weighted by molar-refractivity contribution is 7.99. The van der Waals surface area contributed by atoms with Crippen molar-refractivity contribution in [3.63, 3.8) is 0 Å². The Balaban J connectivity index is 1.31. The summed E-state index contributed by atoms with van der Waals surface area (Å²) in [6.45, 7) is 1.84. The zero-order valence-electron chi connectivity index (χ0n) is 18.4. The molecule has 0 aliphatic rings. The molecule has 2 N–H and O–H groups in total. The lowest BCUT2D eigenvalue weighted by atomic mass is 10.2. The molecule has 8 nitrogen and oxygen atoms in total. The predicted molar refractivity (Wildman–Crippen MR) is 135 cm³/mol. The predicted octanol–water partition coefficient (Wildman–Crippen LogP) is 4.81. The molecule has 0 fully saturated rings. The van der Waals surface area contributed by atoms with Gasteiger partial charge in [-0.1, -0.05) is 53.7 Å². The van der Waals surface area contributed by atoms with Crippen LogP contribution >= 0.6 is 34.7 Å². The number of rotatable bonds is 8. The van der Waals surface area contributed by atoms with Crippen LogP contribution in [0.15, 0.2) is 65.1 Å². The van der Waals surface area contributed by atoms with Crippen molar-refractivity contribution in [1.29, 1.82) is 0 Å². The largest absolute Gasteiger partial charge is 0.342 e. The van der Waals surface area contributed by atoms with Crippen LogP contribution in [0.3, 0.4) is 0 Å². The van der Waals surface area contributed by atoms with Crippen LogP contribution in [0.2, 0.25) is 5.02 Å². The van der Waals surface area contributed by atoms with Gasteiger partial charge < -0.3 is 15.2 Å². The summed E-state index contributed by atoms with van der Waals surface area (Å²) >= 11 is 8.54. The number of thiazole rings is 1. The molecule has 2 aromatic heterocycles. The fourth-order valence-electron chi connectivity index (χ4n) is 3.13. The first kappa shape index (κ1) is 23.9. The van der Waals surface area contributed by atoms with Gasteiger partial charge in [-0.15, -0.1) is 21.5 Å². The molecule has 0 saturated carbocycles. The number of carbonyl (C=O) groups is 2. The van der Waals surface area contributed by atoms with E-state index in [4.69, 9.17) is 11.6 Å². The van der Waals surface area contributed by atoms with Gasteiger partial charge in [0.05, 0.1) is 17.5 Å². The maximum Gasteiger partial charge on any atom is 0.251 e. The molecule has 1 atom stereocenters. The van der Waals surface area contributed by atoms with E-state index >= 15 is 0 Å². The van der Waals surface area contributed by atoms with Gasteiger partial charge >= 0.3 is 0 Å². The molecule has 2 heterocycles. The van der Waals surface area contributed by atoms with Crippen molar-refractivity contribution in [3.8, 4) is 11.3 Å². The van der Waals surface area contributed by atoms with E-state index in [1.54, 1.807) is 35.9 Å². The van der Waals surface area contributed by atoms with Crippen LogP contribution in [0.4, 0.5) is 5.13 Å². The second-order valence-electron chi connectivity index (χ2n) is 7.34. The third kappa shape index (κ3) is 5.82. The highest BCUT2D eigenvalue weighted by atomic mass is 35.5. The summed E-state index contributed by atoms with van der Waals surface area (Å²) in [7, 11) is 1.81. The smallest absolute Gasteiger partial charge is 0.251 e. The van der Waals surface area contributed by atoms with Gasteiger partial charge in [0.1, 0.15) is 0 Å². The zero-order valence-corrected chi connectivity index (χ0v) is 20.7. The number of nitrogens with zero attached hydrogens (tertiary/aromatic N) is 4. The quantitative estimate of drug-likeness (QED) is 0.328. The molecule has 0 spiro atoms. The highest BCUT2D eigenvalue weighted by Gasteiger charge is 2.19. The number of hydrogen-bond acceptors (Lipinski definition) is 7. The minimum absolute atomic E-state index is 0.145. The molecule has 4 aromatic rings. The van der Waals surface area contributed by atoms with Crippen LogP contribution < -0.4 is 10.6 Å². The van der Waals surface area contributed by atoms with E-state index in [9.17, 15) is 9.59 Å². The lowest BCUT2D eigenvalue weighted by Crippen LogP contribution is -2.28. The molecule has 174 valence electrons. The van der Waals surface area contributed by atoms with Crippen molar-refractivity contribution in [2.45, 2.75) is 18.1 Å². The lowest BCUT2D eigenvalue weighted by Gasteiger charge is -2.13. The minimum Gasteiger partial charge on any atom is -0.342 e. The number of anilines is 1. The minimum atomic E-state index is -0.352. The molecule has 4 rings (SSSR count). The van der Waals surface area contributed by atoms with Gasteiger partial charge in [0.25, 0.3) is 5.91 Å². The third-order valence-electron chi connectivity index (χ3n) is 4.86. The molecule has 0 radical (unpaired) electrons. The number of halogens is 1.